The van der Waals surface area contributed by atoms with Crippen molar-refractivity contribution >= 4 is 25.7 Å². The summed E-state index contributed by atoms with van der Waals surface area (Å²) in [6.45, 7) is 4.37. The Morgan fingerprint density at radius 1 is 0.354 bits per heavy atom. The highest BCUT2D eigenvalue weighted by atomic mass is 31.2. The fourth-order valence-electron chi connectivity index (χ4n) is 8.49. The number of hydrogen-bond donors (Lipinski definition) is 2. The summed E-state index contributed by atoms with van der Waals surface area (Å²) in [5.74, 6) is -1.51. The molecule has 0 aromatic heterocycles. The maximum absolute atomic E-state index is 13.0. The van der Waals surface area contributed by atoms with Crippen molar-refractivity contribution in [1.29, 1.82) is 0 Å². The number of aliphatic hydroxyl groups is 1. The summed E-state index contributed by atoms with van der Waals surface area (Å²) in [7, 11) is -4.77. The molecule has 0 aliphatic rings. The van der Waals surface area contributed by atoms with E-state index in [9.17, 15) is 28.9 Å². The third-order valence-corrected chi connectivity index (χ3v) is 14.3. The van der Waals surface area contributed by atoms with Crippen LogP contribution in [0.1, 0.15) is 265 Å². The van der Waals surface area contributed by atoms with Crippen molar-refractivity contribution in [3.63, 3.8) is 0 Å². The molecule has 0 aromatic rings. The van der Waals surface area contributed by atoms with Gasteiger partial charge in [0.1, 0.15) is 12.7 Å². The lowest BCUT2D eigenvalue weighted by Gasteiger charge is -2.21. The van der Waals surface area contributed by atoms with Gasteiger partial charge in [0.25, 0.3) is 0 Å². The molecule has 12 heteroatoms. The van der Waals surface area contributed by atoms with E-state index in [1.54, 1.807) is 0 Å². The normalized spacial score (nSPS) is 14.1. The predicted molar refractivity (Wildman–Crippen MR) is 343 cm³/mol. The Morgan fingerprint density at radius 3 is 0.976 bits per heavy atom. The third kappa shape index (κ3) is 60.5. The van der Waals surface area contributed by atoms with Crippen molar-refractivity contribution < 1.29 is 52.2 Å². The topological polar surface area (TPSA) is 155 Å². The van der Waals surface area contributed by atoms with Gasteiger partial charge in [0.15, 0.2) is 6.10 Å². The average Bonchev–Trinajstić information content (AvgIpc) is 3.47. The van der Waals surface area contributed by atoms with E-state index in [1.807, 2.05) is 0 Å². The average molecular weight is 1170 g/mol. The molecule has 468 valence electrons. The van der Waals surface area contributed by atoms with Gasteiger partial charge in [0.05, 0.1) is 19.8 Å². The molecule has 0 amide bonds. The minimum Gasteiger partial charge on any atom is -0.462 e. The van der Waals surface area contributed by atoms with Gasteiger partial charge in [-0.1, -0.05) is 239 Å². The van der Waals surface area contributed by atoms with Crippen LogP contribution in [0.5, 0.6) is 0 Å². The number of aliphatic hydroxyl groups excluding tert-OH is 1. The fourth-order valence-corrected chi connectivity index (χ4v) is 9.27. The van der Waals surface area contributed by atoms with Crippen LogP contribution in [0, 0.1) is 0 Å². The van der Waals surface area contributed by atoms with Gasteiger partial charge in [0.2, 0.25) is 0 Å². The molecule has 3 atom stereocenters. The maximum atomic E-state index is 13.0. The highest BCUT2D eigenvalue weighted by Gasteiger charge is 2.28. The number of rotatable bonds is 59. The van der Waals surface area contributed by atoms with Gasteiger partial charge in [-0.3, -0.25) is 23.4 Å². The van der Waals surface area contributed by atoms with Crippen molar-refractivity contribution in [3.05, 3.63) is 122 Å². The molecule has 3 unspecified atom stereocenters. The Bertz CT molecular complexity index is 1840. The molecule has 0 saturated carbocycles. The molecular weight excluding hydrogens is 1050 g/mol. The van der Waals surface area contributed by atoms with Gasteiger partial charge < -0.3 is 24.2 Å². The minimum atomic E-state index is -4.77. The largest absolute Gasteiger partial charge is 0.472 e. The number of phosphoric acid groups is 1. The second-order valence-corrected chi connectivity index (χ2v) is 22.6. The lowest BCUT2D eigenvalue weighted by Crippen LogP contribution is -2.30. The Hall–Kier alpha value is -4.12. The van der Waals surface area contributed by atoms with Crippen LogP contribution < -0.4 is 0 Å². The summed E-state index contributed by atoms with van der Waals surface area (Å²) >= 11 is 0. The second-order valence-electron chi connectivity index (χ2n) is 21.2. The number of hydrogen-bond acceptors (Lipinski definition) is 10. The van der Waals surface area contributed by atoms with Gasteiger partial charge in [-0.15, -0.1) is 0 Å². The SMILES string of the molecule is CC/C=C\C/C=C\C/C=C\C/C=C\CCCCCCCCC(=O)OC(CO)COP(=O)(O)OCC(COC(=O)CCCCCCCCC/C=C\C/C=C\CCCCC)OC(=O)CCCCCCCC/C=C\C/C=C\C/C=C\C/C=C\CC. The first-order chi connectivity index (χ1) is 40.2. The first kappa shape index (κ1) is 77.9. The molecule has 0 bridgehead atoms. The molecule has 2 N–H and O–H groups in total. The third-order valence-electron chi connectivity index (χ3n) is 13.3. The van der Waals surface area contributed by atoms with E-state index in [-0.39, 0.29) is 25.9 Å². The molecule has 0 rings (SSSR count). The van der Waals surface area contributed by atoms with Gasteiger partial charge in [-0.25, -0.2) is 4.57 Å². The number of phosphoric ester groups is 1. The van der Waals surface area contributed by atoms with E-state index in [4.69, 9.17) is 23.3 Å². The summed E-state index contributed by atoms with van der Waals surface area (Å²) < 4.78 is 39.7. The van der Waals surface area contributed by atoms with Gasteiger partial charge >= 0.3 is 25.7 Å². The molecule has 0 aliphatic carbocycles. The molecule has 0 heterocycles. The molecule has 11 nitrogen and oxygen atoms in total. The van der Waals surface area contributed by atoms with E-state index in [0.29, 0.717) is 19.3 Å². The summed E-state index contributed by atoms with van der Waals surface area (Å²) in [4.78, 5) is 48.8. The Labute approximate surface area is 500 Å². The van der Waals surface area contributed by atoms with Crippen LogP contribution in [0.25, 0.3) is 0 Å². The van der Waals surface area contributed by atoms with Crippen LogP contribution in [-0.2, 0) is 42.2 Å². The summed E-state index contributed by atoms with van der Waals surface area (Å²) in [5.41, 5.74) is 0. The van der Waals surface area contributed by atoms with E-state index < -0.39 is 57.8 Å². The molecule has 0 fully saturated rings. The standard InChI is InChI=1S/C70H117O11P/c1-4-7-10-13-16-19-22-25-28-31-33-36-39-42-45-48-51-54-57-60-69(73)80-66(62-71)64-78-82(75,76)79-65-67(63-77-68(72)59-56-53-50-47-44-41-38-35-30-27-24-21-18-15-12-9-6-3)81-70(74)61-58-55-52-49-46-43-40-37-34-32-29-26-23-20-17-14-11-8-5-2/h7-8,10-11,16-21,25-30,33-34,36-37,66-67,71H,4-6,9,12-15,22-24,31-32,35,38-65H2,1-3H3,(H,75,76)/b10-7-,11-8-,19-16-,20-17-,21-18-,28-25-,29-26-,30-27-,36-33-,37-34-. The number of carbonyl (C=O) groups excluding carboxylic acids is 3. The van der Waals surface area contributed by atoms with Crippen LogP contribution in [-0.4, -0.2) is 66.5 Å². The van der Waals surface area contributed by atoms with E-state index in [1.165, 1.54) is 38.5 Å². The van der Waals surface area contributed by atoms with Gasteiger partial charge in [-0.05, 0) is 128 Å². The molecule has 0 saturated heterocycles. The van der Waals surface area contributed by atoms with E-state index in [0.717, 1.165) is 167 Å². The molecule has 0 aliphatic heterocycles. The minimum absolute atomic E-state index is 0.143. The number of esters is 3. The zero-order chi connectivity index (χ0) is 59.8. The lowest BCUT2D eigenvalue weighted by atomic mass is 10.1. The lowest BCUT2D eigenvalue weighted by molar-refractivity contribution is -0.161. The smallest absolute Gasteiger partial charge is 0.462 e. The highest BCUT2D eigenvalue weighted by molar-refractivity contribution is 7.47. The van der Waals surface area contributed by atoms with Crippen molar-refractivity contribution in [1.82, 2.24) is 0 Å². The highest BCUT2D eigenvalue weighted by Crippen LogP contribution is 2.43. The van der Waals surface area contributed by atoms with Crippen molar-refractivity contribution in [2.24, 2.45) is 0 Å². The summed E-state index contributed by atoms with van der Waals surface area (Å²) in [6.07, 6.45) is 78.5. The zero-order valence-corrected chi connectivity index (χ0v) is 52.8. The first-order valence-electron chi connectivity index (χ1n) is 32.4. The monoisotopic (exact) mass is 1160 g/mol. The van der Waals surface area contributed by atoms with E-state index in [2.05, 4.69) is 142 Å². The van der Waals surface area contributed by atoms with Crippen LogP contribution in [0.4, 0.5) is 0 Å². The van der Waals surface area contributed by atoms with Gasteiger partial charge in [-0.2, -0.15) is 0 Å². The maximum Gasteiger partial charge on any atom is 0.472 e. The Kier molecular flexibility index (Phi) is 59.8. The second kappa shape index (κ2) is 62.9. The number of ether oxygens (including phenoxy) is 3. The van der Waals surface area contributed by atoms with Crippen molar-refractivity contribution in [2.45, 2.75) is 277 Å². The number of allylic oxidation sites excluding steroid dienone is 20. The number of unbranched alkanes of at least 4 members (excludes halogenated alkanes) is 22. The first-order valence-corrected chi connectivity index (χ1v) is 33.9. The van der Waals surface area contributed by atoms with Crippen molar-refractivity contribution in [3.8, 4) is 0 Å². The van der Waals surface area contributed by atoms with Crippen LogP contribution in [0.15, 0.2) is 122 Å². The van der Waals surface area contributed by atoms with Gasteiger partial charge in [0, 0.05) is 19.3 Å². The molecule has 0 aromatic carbocycles. The van der Waals surface area contributed by atoms with Crippen molar-refractivity contribution in [2.75, 3.05) is 26.4 Å². The molecule has 0 radical (unpaired) electrons. The quantitative estimate of drug-likeness (QED) is 0.0197. The van der Waals surface area contributed by atoms with Crippen LogP contribution >= 0.6 is 7.82 Å². The fraction of sp³-hybridized carbons (Fsp3) is 0.671. The van der Waals surface area contributed by atoms with Crippen LogP contribution in [0.3, 0.4) is 0 Å². The predicted octanol–water partition coefficient (Wildman–Crippen LogP) is 19.9. The number of carbonyl (C=O) groups is 3. The Morgan fingerprint density at radius 2 is 0.634 bits per heavy atom. The zero-order valence-electron chi connectivity index (χ0n) is 51.9. The summed E-state index contributed by atoms with van der Waals surface area (Å²) in [6, 6.07) is 0. The molecular formula is C70H117O11P. The Balaban J connectivity index is 4.75. The van der Waals surface area contributed by atoms with E-state index >= 15 is 0 Å². The van der Waals surface area contributed by atoms with Crippen LogP contribution in [0.2, 0.25) is 0 Å². The molecule has 82 heavy (non-hydrogen) atoms. The summed E-state index contributed by atoms with van der Waals surface area (Å²) in [5, 5.41) is 9.86. The molecule has 0 spiro atoms.